The summed E-state index contributed by atoms with van der Waals surface area (Å²) >= 11 is 6.47. The van der Waals surface area contributed by atoms with Gasteiger partial charge in [-0.1, -0.05) is 44.5 Å². The first kappa shape index (κ1) is 19.8. The Morgan fingerprint density at radius 1 is 1.19 bits per heavy atom. The van der Waals surface area contributed by atoms with E-state index in [0.29, 0.717) is 18.7 Å². The van der Waals surface area contributed by atoms with Crippen LogP contribution in [0.4, 0.5) is 5.69 Å². The van der Waals surface area contributed by atoms with E-state index in [1.165, 1.54) is 11.1 Å². The summed E-state index contributed by atoms with van der Waals surface area (Å²) in [6, 6.07) is 7.89. The van der Waals surface area contributed by atoms with Gasteiger partial charge in [0.25, 0.3) is 0 Å². The molecule has 0 saturated carbocycles. The number of benzene rings is 1. The Kier molecular flexibility index (Phi) is 6.18. The second-order valence-electron chi connectivity index (χ2n) is 8.38. The van der Waals surface area contributed by atoms with Crippen LogP contribution in [-0.2, 0) is 19.4 Å². The normalized spacial score (nSPS) is 14.4. The van der Waals surface area contributed by atoms with E-state index in [1.807, 2.05) is 18.2 Å². The number of carbonyl (C=O) groups excluding carboxylic acids is 1. The molecule has 1 aliphatic rings. The molecule has 0 fully saturated rings. The van der Waals surface area contributed by atoms with Crippen molar-refractivity contribution in [2.24, 2.45) is 5.41 Å². The van der Waals surface area contributed by atoms with Crippen LogP contribution in [-0.4, -0.2) is 23.9 Å². The number of rotatable bonds is 5. The standard InChI is InChI=1S/C22H28ClN3O/c1-22(2,3)12-20(27)19-7-4-15(13-25-19)14-26-21-17-9-11-24-10-8-16(17)5-6-18(21)23/h4-7,13,24,26H,8-12,14H2,1-3H3. The molecule has 144 valence electrons. The third kappa shape index (κ3) is 5.30. The van der Waals surface area contributed by atoms with Crippen LogP contribution in [0.15, 0.2) is 30.5 Å². The van der Waals surface area contributed by atoms with Crippen molar-refractivity contribution in [3.63, 3.8) is 0 Å². The minimum atomic E-state index is -0.0320. The molecule has 3 rings (SSSR count). The molecule has 4 nitrogen and oxygen atoms in total. The zero-order chi connectivity index (χ0) is 19.4. The number of carbonyl (C=O) groups is 1. The summed E-state index contributed by atoms with van der Waals surface area (Å²) < 4.78 is 0. The average Bonchev–Trinajstić information content (AvgIpc) is 2.85. The van der Waals surface area contributed by atoms with E-state index < -0.39 is 0 Å². The second-order valence-corrected chi connectivity index (χ2v) is 8.78. The van der Waals surface area contributed by atoms with Crippen molar-refractivity contribution in [2.75, 3.05) is 18.4 Å². The lowest BCUT2D eigenvalue weighted by Crippen LogP contribution is -2.16. The van der Waals surface area contributed by atoms with Crippen molar-refractivity contribution in [3.8, 4) is 0 Å². The summed E-state index contributed by atoms with van der Waals surface area (Å²) in [5.41, 5.74) is 5.21. The largest absolute Gasteiger partial charge is 0.379 e. The number of pyridine rings is 1. The van der Waals surface area contributed by atoms with Gasteiger partial charge in [0.1, 0.15) is 5.69 Å². The summed E-state index contributed by atoms with van der Waals surface area (Å²) in [6.07, 6.45) is 4.27. The van der Waals surface area contributed by atoms with Crippen LogP contribution in [0, 0.1) is 5.41 Å². The maximum absolute atomic E-state index is 12.3. The highest BCUT2D eigenvalue weighted by Gasteiger charge is 2.18. The van der Waals surface area contributed by atoms with E-state index in [4.69, 9.17) is 11.6 Å². The molecule has 0 saturated heterocycles. The number of fused-ring (bicyclic) bond motifs is 1. The molecule has 1 aromatic carbocycles. The lowest BCUT2D eigenvalue weighted by atomic mass is 9.89. The van der Waals surface area contributed by atoms with Gasteiger partial charge in [0, 0.05) is 19.2 Å². The van der Waals surface area contributed by atoms with Gasteiger partial charge in [-0.2, -0.15) is 0 Å². The van der Waals surface area contributed by atoms with Gasteiger partial charge in [-0.3, -0.25) is 9.78 Å². The molecule has 0 spiro atoms. The third-order valence-electron chi connectivity index (χ3n) is 4.75. The third-order valence-corrected chi connectivity index (χ3v) is 5.07. The molecule has 1 aromatic heterocycles. The molecule has 1 aliphatic heterocycles. The van der Waals surface area contributed by atoms with Gasteiger partial charge in [-0.05, 0) is 60.2 Å². The van der Waals surface area contributed by atoms with Crippen molar-refractivity contribution in [2.45, 2.75) is 46.6 Å². The van der Waals surface area contributed by atoms with Gasteiger partial charge >= 0.3 is 0 Å². The predicted molar refractivity (Wildman–Crippen MR) is 112 cm³/mol. The summed E-state index contributed by atoms with van der Waals surface area (Å²) in [5, 5.41) is 7.67. The Morgan fingerprint density at radius 3 is 2.67 bits per heavy atom. The number of anilines is 1. The number of nitrogens with one attached hydrogen (secondary N) is 2. The van der Waals surface area contributed by atoms with Crippen LogP contribution in [0.2, 0.25) is 5.02 Å². The fourth-order valence-electron chi connectivity index (χ4n) is 3.39. The summed E-state index contributed by atoms with van der Waals surface area (Å²) in [7, 11) is 0. The van der Waals surface area contributed by atoms with E-state index in [2.05, 4.69) is 42.5 Å². The van der Waals surface area contributed by atoms with Gasteiger partial charge in [-0.25, -0.2) is 0 Å². The van der Waals surface area contributed by atoms with Gasteiger partial charge in [-0.15, -0.1) is 0 Å². The Morgan fingerprint density at radius 2 is 1.96 bits per heavy atom. The molecule has 27 heavy (non-hydrogen) atoms. The molecule has 0 unspecified atom stereocenters. The smallest absolute Gasteiger partial charge is 0.181 e. The van der Waals surface area contributed by atoms with Crippen molar-refractivity contribution >= 4 is 23.1 Å². The van der Waals surface area contributed by atoms with Crippen LogP contribution < -0.4 is 10.6 Å². The molecule has 5 heteroatoms. The Hall–Kier alpha value is -1.91. The molecular weight excluding hydrogens is 358 g/mol. The van der Waals surface area contributed by atoms with Gasteiger partial charge in [0.2, 0.25) is 0 Å². The maximum atomic E-state index is 12.3. The molecule has 2 aromatic rings. The van der Waals surface area contributed by atoms with Crippen LogP contribution in [0.1, 0.15) is 54.4 Å². The second kappa shape index (κ2) is 8.41. The van der Waals surface area contributed by atoms with Crippen LogP contribution in [0.5, 0.6) is 0 Å². The Balaban J connectivity index is 1.70. The predicted octanol–water partition coefficient (Wildman–Crippen LogP) is 4.65. The zero-order valence-electron chi connectivity index (χ0n) is 16.4. The molecule has 2 heterocycles. The number of nitrogens with zero attached hydrogens (tertiary/aromatic N) is 1. The topological polar surface area (TPSA) is 54.0 Å². The first-order valence-corrected chi connectivity index (χ1v) is 9.94. The lowest BCUT2D eigenvalue weighted by molar-refractivity contribution is 0.0935. The number of aromatic nitrogens is 1. The van der Waals surface area contributed by atoms with Crippen LogP contribution >= 0.6 is 11.6 Å². The first-order chi connectivity index (χ1) is 12.8. The zero-order valence-corrected chi connectivity index (χ0v) is 17.1. The molecule has 0 amide bonds. The summed E-state index contributed by atoms with van der Waals surface area (Å²) in [5.74, 6) is 0.0888. The number of halogens is 1. The SMILES string of the molecule is CC(C)(C)CC(=O)c1ccc(CNc2c(Cl)ccc3c2CCNCC3)cn1. The molecule has 2 N–H and O–H groups in total. The van der Waals surface area contributed by atoms with Crippen molar-refractivity contribution in [1.29, 1.82) is 0 Å². The molecule has 0 atom stereocenters. The van der Waals surface area contributed by atoms with Crippen molar-refractivity contribution in [3.05, 3.63) is 57.9 Å². The van der Waals surface area contributed by atoms with Crippen LogP contribution in [0.25, 0.3) is 0 Å². The van der Waals surface area contributed by atoms with E-state index in [-0.39, 0.29) is 11.2 Å². The number of Topliss-reactive ketones (excluding diaryl/α,β-unsaturated/α-hetero) is 1. The quantitative estimate of drug-likeness (QED) is 0.735. The Bertz CT molecular complexity index is 810. The van der Waals surface area contributed by atoms with E-state index >= 15 is 0 Å². The fourth-order valence-corrected chi connectivity index (χ4v) is 3.64. The van der Waals surface area contributed by atoms with Gasteiger partial charge in [0.15, 0.2) is 5.78 Å². The molecule has 0 radical (unpaired) electrons. The van der Waals surface area contributed by atoms with Gasteiger partial charge < -0.3 is 10.6 Å². The number of hydrogen-bond donors (Lipinski definition) is 2. The minimum absolute atomic E-state index is 0.0320. The summed E-state index contributed by atoms with van der Waals surface area (Å²) in [6.45, 7) is 8.78. The number of ketones is 1. The molecule has 0 bridgehead atoms. The molecular formula is C22H28ClN3O. The minimum Gasteiger partial charge on any atom is -0.379 e. The van der Waals surface area contributed by atoms with Crippen molar-refractivity contribution in [1.82, 2.24) is 10.3 Å². The monoisotopic (exact) mass is 385 g/mol. The highest BCUT2D eigenvalue weighted by atomic mass is 35.5. The fraction of sp³-hybridized carbons (Fsp3) is 0.455. The van der Waals surface area contributed by atoms with Gasteiger partial charge in [0.05, 0.1) is 10.7 Å². The molecule has 0 aliphatic carbocycles. The maximum Gasteiger partial charge on any atom is 0.181 e. The Labute approximate surface area is 166 Å². The number of hydrogen-bond acceptors (Lipinski definition) is 4. The first-order valence-electron chi connectivity index (χ1n) is 9.56. The average molecular weight is 386 g/mol. The highest BCUT2D eigenvalue weighted by Crippen LogP contribution is 2.31. The summed E-state index contributed by atoms with van der Waals surface area (Å²) in [4.78, 5) is 16.7. The lowest BCUT2D eigenvalue weighted by Gasteiger charge is -2.17. The van der Waals surface area contributed by atoms with E-state index in [0.717, 1.165) is 42.2 Å². The van der Waals surface area contributed by atoms with Crippen molar-refractivity contribution < 1.29 is 4.79 Å². The van der Waals surface area contributed by atoms with E-state index in [9.17, 15) is 4.79 Å². The van der Waals surface area contributed by atoms with Crippen LogP contribution in [0.3, 0.4) is 0 Å². The van der Waals surface area contributed by atoms with E-state index in [1.54, 1.807) is 6.20 Å². The highest BCUT2D eigenvalue weighted by molar-refractivity contribution is 6.33.